The summed E-state index contributed by atoms with van der Waals surface area (Å²) in [5, 5.41) is 12.7. The van der Waals surface area contributed by atoms with E-state index in [0.717, 1.165) is 11.5 Å². The van der Waals surface area contributed by atoms with Crippen molar-refractivity contribution < 1.29 is 14.7 Å². The summed E-state index contributed by atoms with van der Waals surface area (Å²) < 4.78 is 3.78. The molecule has 0 radical (unpaired) electrons. The van der Waals surface area contributed by atoms with Gasteiger partial charge < -0.3 is 10.0 Å². The van der Waals surface area contributed by atoms with Gasteiger partial charge in [0.2, 0.25) is 0 Å². The molecule has 1 aromatic rings. The van der Waals surface area contributed by atoms with Crippen LogP contribution >= 0.6 is 11.5 Å². The second-order valence-corrected chi connectivity index (χ2v) is 5.02. The van der Waals surface area contributed by atoms with Crippen molar-refractivity contribution in [1.29, 1.82) is 0 Å². The van der Waals surface area contributed by atoms with E-state index in [-0.39, 0.29) is 18.4 Å². The Hall–Kier alpha value is -1.50. The Morgan fingerprint density at radius 1 is 1.44 bits per heavy atom. The molecule has 0 saturated heterocycles. The lowest BCUT2D eigenvalue weighted by atomic mass is 10.1. The van der Waals surface area contributed by atoms with Crippen molar-refractivity contribution in [1.82, 2.24) is 14.5 Å². The normalized spacial score (nSPS) is 10.7. The van der Waals surface area contributed by atoms with Gasteiger partial charge in [-0.25, -0.2) is 0 Å². The van der Waals surface area contributed by atoms with E-state index in [1.165, 1.54) is 4.90 Å². The van der Waals surface area contributed by atoms with Gasteiger partial charge in [-0.2, -0.15) is 0 Å². The van der Waals surface area contributed by atoms with Crippen molar-refractivity contribution in [3.8, 4) is 0 Å². The zero-order chi connectivity index (χ0) is 13.7. The van der Waals surface area contributed by atoms with Crippen LogP contribution in [0.3, 0.4) is 0 Å². The first-order chi connectivity index (χ1) is 8.47. The Morgan fingerprint density at radius 3 is 2.61 bits per heavy atom. The molecule has 0 spiro atoms. The molecule has 18 heavy (non-hydrogen) atoms. The van der Waals surface area contributed by atoms with Gasteiger partial charge in [0.1, 0.15) is 11.4 Å². The first-order valence-electron chi connectivity index (χ1n) is 5.80. The number of aromatic nitrogens is 2. The summed E-state index contributed by atoms with van der Waals surface area (Å²) >= 11 is 1.02. The summed E-state index contributed by atoms with van der Waals surface area (Å²) in [6.07, 6.45) is 0.711. The highest BCUT2D eigenvalue weighted by atomic mass is 32.1. The van der Waals surface area contributed by atoms with Crippen molar-refractivity contribution in [3.63, 3.8) is 0 Å². The van der Waals surface area contributed by atoms with E-state index in [9.17, 15) is 9.59 Å². The summed E-state index contributed by atoms with van der Waals surface area (Å²) in [6, 6.07) is 0. The molecule has 1 aromatic heterocycles. The monoisotopic (exact) mass is 271 g/mol. The Bertz CT molecular complexity index is 431. The van der Waals surface area contributed by atoms with E-state index < -0.39 is 5.97 Å². The minimum atomic E-state index is -1.01. The molecule has 1 heterocycles. The third-order valence-electron chi connectivity index (χ3n) is 2.36. The molecule has 0 aromatic carbocycles. The molecule has 100 valence electrons. The predicted molar refractivity (Wildman–Crippen MR) is 67.8 cm³/mol. The van der Waals surface area contributed by atoms with Gasteiger partial charge in [0, 0.05) is 6.54 Å². The number of carboxylic acids is 1. The molecule has 0 atom stereocenters. The Morgan fingerprint density at radius 2 is 2.11 bits per heavy atom. The molecule has 0 bridgehead atoms. The number of rotatable bonds is 6. The molecule has 1 N–H and O–H groups in total. The van der Waals surface area contributed by atoms with Gasteiger partial charge in [-0.3, -0.25) is 9.59 Å². The minimum Gasteiger partial charge on any atom is -0.480 e. The Kier molecular flexibility index (Phi) is 5.21. The topological polar surface area (TPSA) is 83.4 Å². The van der Waals surface area contributed by atoms with E-state index in [2.05, 4.69) is 9.59 Å². The lowest BCUT2D eigenvalue weighted by Crippen LogP contribution is -2.36. The average Bonchev–Trinajstić information content (AvgIpc) is 2.75. The quantitative estimate of drug-likeness (QED) is 0.849. The summed E-state index contributed by atoms with van der Waals surface area (Å²) in [5.74, 6) is -1.21. The van der Waals surface area contributed by atoms with Gasteiger partial charge in [-0.05, 0) is 23.9 Å². The molecule has 6 nitrogen and oxygen atoms in total. The fourth-order valence-electron chi connectivity index (χ4n) is 1.55. The van der Waals surface area contributed by atoms with Crippen molar-refractivity contribution in [3.05, 3.63) is 10.6 Å². The molecular formula is C11H17N3O3S. The largest absolute Gasteiger partial charge is 0.480 e. The van der Waals surface area contributed by atoms with Gasteiger partial charge in [-0.1, -0.05) is 25.3 Å². The molecule has 0 aliphatic carbocycles. The van der Waals surface area contributed by atoms with Crippen LogP contribution in [0.15, 0.2) is 0 Å². The van der Waals surface area contributed by atoms with E-state index >= 15 is 0 Å². The van der Waals surface area contributed by atoms with Crippen LogP contribution < -0.4 is 0 Å². The fourth-order valence-corrected chi connectivity index (χ4v) is 2.34. The second-order valence-electron chi connectivity index (χ2n) is 4.26. The zero-order valence-electron chi connectivity index (χ0n) is 10.7. The zero-order valence-corrected chi connectivity index (χ0v) is 11.5. The molecule has 1 amide bonds. The van der Waals surface area contributed by atoms with Crippen LogP contribution in [-0.2, 0) is 4.79 Å². The van der Waals surface area contributed by atoms with Gasteiger partial charge >= 0.3 is 5.97 Å². The SMILES string of the molecule is CCCN(CC(=O)O)C(=O)c1snnc1C(C)C. The number of nitrogens with zero attached hydrogens (tertiary/aromatic N) is 3. The second kappa shape index (κ2) is 6.44. The molecule has 7 heteroatoms. The van der Waals surface area contributed by atoms with Crippen molar-refractivity contribution in [2.24, 2.45) is 0 Å². The first-order valence-corrected chi connectivity index (χ1v) is 6.58. The number of amides is 1. The van der Waals surface area contributed by atoms with Gasteiger partial charge in [0.15, 0.2) is 0 Å². The van der Waals surface area contributed by atoms with Gasteiger partial charge in [0.25, 0.3) is 5.91 Å². The standard InChI is InChI=1S/C11H17N3O3S/c1-4-5-14(6-8(15)16)11(17)10-9(7(2)3)12-13-18-10/h7H,4-6H2,1-3H3,(H,15,16). The number of aliphatic carboxylic acids is 1. The molecular weight excluding hydrogens is 254 g/mol. The highest BCUT2D eigenvalue weighted by Crippen LogP contribution is 2.21. The predicted octanol–water partition coefficient (Wildman–Crippen LogP) is 1.60. The van der Waals surface area contributed by atoms with E-state index in [0.29, 0.717) is 23.5 Å². The number of carbonyl (C=O) groups is 2. The summed E-state index contributed by atoms with van der Waals surface area (Å²) in [7, 11) is 0. The number of carboxylic acid groups (broad SMARTS) is 1. The summed E-state index contributed by atoms with van der Waals surface area (Å²) in [4.78, 5) is 24.8. The Balaban J connectivity index is 2.94. The molecule has 1 rings (SSSR count). The maximum Gasteiger partial charge on any atom is 0.323 e. The van der Waals surface area contributed by atoms with Crippen LogP contribution in [0.4, 0.5) is 0 Å². The smallest absolute Gasteiger partial charge is 0.323 e. The molecule has 0 saturated carbocycles. The molecule has 0 unspecified atom stereocenters. The van der Waals surface area contributed by atoms with Gasteiger partial charge in [0.05, 0.1) is 5.69 Å². The van der Waals surface area contributed by atoms with Crippen LogP contribution in [-0.4, -0.2) is 44.6 Å². The van der Waals surface area contributed by atoms with Crippen molar-refractivity contribution in [2.45, 2.75) is 33.1 Å². The van der Waals surface area contributed by atoms with Gasteiger partial charge in [-0.15, -0.1) is 5.10 Å². The number of carbonyl (C=O) groups excluding carboxylic acids is 1. The fraction of sp³-hybridized carbons (Fsp3) is 0.636. The van der Waals surface area contributed by atoms with E-state index in [4.69, 9.17) is 5.11 Å². The maximum atomic E-state index is 12.2. The highest BCUT2D eigenvalue weighted by Gasteiger charge is 2.24. The summed E-state index contributed by atoms with van der Waals surface area (Å²) in [6.45, 7) is 5.88. The third kappa shape index (κ3) is 3.49. The minimum absolute atomic E-state index is 0.0935. The lowest BCUT2D eigenvalue weighted by Gasteiger charge is -2.19. The Labute approximate surface area is 110 Å². The number of hydrogen-bond donors (Lipinski definition) is 1. The van der Waals surface area contributed by atoms with Crippen LogP contribution in [0.2, 0.25) is 0 Å². The highest BCUT2D eigenvalue weighted by molar-refractivity contribution is 7.08. The summed E-state index contributed by atoms with van der Waals surface area (Å²) in [5.41, 5.74) is 0.636. The number of hydrogen-bond acceptors (Lipinski definition) is 5. The average molecular weight is 271 g/mol. The van der Waals surface area contributed by atoms with Crippen molar-refractivity contribution in [2.75, 3.05) is 13.1 Å². The maximum absolute atomic E-state index is 12.2. The molecule has 0 fully saturated rings. The van der Waals surface area contributed by atoms with E-state index in [1.54, 1.807) is 0 Å². The molecule has 0 aliphatic rings. The van der Waals surface area contributed by atoms with Crippen LogP contribution in [0.25, 0.3) is 0 Å². The lowest BCUT2D eigenvalue weighted by molar-refractivity contribution is -0.137. The first kappa shape index (κ1) is 14.6. The van der Waals surface area contributed by atoms with Crippen LogP contribution in [0.1, 0.15) is 48.5 Å². The third-order valence-corrected chi connectivity index (χ3v) is 3.09. The van der Waals surface area contributed by atoms with Crippen molar-refractivity contribution >= 4 is 23.4 Å². The van der Waals surface area contributed by atoms with Crippen LogP contribution in [0.5, 0.6) is 0 Å². The van der Waals surface area contributed by atoms with Crippen LogP contribution in [0, 0.1) is 0 Å². The van der Waals surface area contributed by atoms with E-state index in [1.807, 2.05) is 20.8 Å². The molecule has 0 aliphatic heterocycles.